The molecule has 2 amide bonds. The average Bonchev–Trinajstić information content (AvgIpc) is 3.39. The molecule has 2 atom stereocenters. The fraction of sp³-hybridized carbons (Fsp3) is 0.263. The van der Waals surface area contributed by atoms with Crippen molar-refractivity contribution in [3.8, 4) is 11.5 Å². The molecule has 0 saturated heterocycles. The molecule has 0 bridgehead atoms. The summed E-state index contributed by atoms with van der Waals surface area (Å²) in [6, 6.07) is 9.17. The van der Waals surface area contributed by atoms with Gasteiger partial charge in [-0.3, -0.25) is 9.59 Å². The van der Waals surface area contributed by atoms with Crippen LogP contribution in [-0.2, 0) is 4.79 Å². The molecule has 0 aliphatic heterocycles. The van der Waals surface area contributed by atoms with Gasteiger partial charge in [0.1, 0.15) is 5.82 Å². The van der Waals surface area contributed by atoms with Gasteiger partial charge >= 0.3 is 0 Å². The van der Waals surface area contributed by atoms with E-state index in [2.05, 4.69) is 5.32 Å². The Kier molecular flexibility index (Phi) is 5.51. The zero-order valence-electron chi connectivity index (χ0n) is 14.5. The lowest BCUT2D eigenvalue weighted by atomic mass is 10.1. The van der Waals surface area contributed by atoms with Gasteiger partial charge < -0.3 is 20.5 Å². The molecule has 1 aliphatic rings. The summed E-state index contributed by atoms with van der Waals surface area (Å²) in [7, 11) is 1.39. The number of amides is 2. The van der Waals surface area contributed by atoms with Crippen molar-refractivity contribution in [3.63, 3.8) is 0 Å². The predicted molar refractivity (Wildman–Crippen MR) is 97.7 cm³/mol. The number of carbonyl (C=O) groups excluding carboxylic acids is 2. The van der Waals surface area contributed by atoms with Crippen molar-refractivity contribution in [1.82, 2.24) is 5.32 Å². The number of hydrogen-bond acceptors (Lipinski definition) is 4. The minimum Gasteiger partial charge on any atom is -0.493 e. The maximum Gasteiger partial charge on any atom is 0.255 e. The number of halogens is 2. The van der Waals surface area contributed by atoms with Crippen molar-refractivity contribution < 1.29 is 23.5 Å². The summed E-state index contributed by atoms with van der Waals surface area (Å²) < 4.78 is 23.8. The van der Waals surface area contributed by atoms with Gasteiger partial charge in [0.2, 0.25) is 0 Å². The highest BCUT2D eigenvalue weighted by Crippen LogP contribution is 2.41. The number of carbonyl (C=O) groups is 2. The molecular formula is C19H18ClFN2O4. The Morgan fingerprint density at radius 1 is 1.33 bits per heavy atom. The number of benzene rings is 2. The molecule has 1 fully saturated rings. The SMILES string of the molecule is COc1cc(C(=O)N[C@@H]2C[C@H]2c2cccc(F)c2)cc(Cl)c1OCC(N)=O. The lowest BCUT2D eigenvalue weighted by Gasteiger charge is -2.13. The van der Waals surface area contributed by atoms with E-state index in [1.165, 1.54) is 31.4 Å². The van der Waals surface area contributed by atoms with Gasteiger partial charge in [-0.15, -0.1) is 0 Å². The first-order chi connectivity index (χ1) is 12.9. The summed E-state index contributed by atoms with van der Waals surface area (Å²) in [5, 5.41) is 3.02. The number of nitrogens with one attached hydrogen (secondary N) is 1. The van der Waals surface area contributed by atoms with Crippen LogP contribution in [0.25, 0.3) is 0 Å². The van der Waals surface area contributed by atoms with Crippen LogP contribution in [-0.4, -0.2) is 31.6 Å². The van der Waals surface area contributed by atoms with Crippen molar-refractivity contribution in [1.29, 1.82) is 0 Å². The van der Waals surface area contributed by atoms with E-state index in [9.17, 15) is 14.0 Å². The Bertz CT molecular complexity index is 890. The van der Waals surface area contributed by atoms with Gasteiger partial charge in [-0.1, -0.05) is 23.7 Å². The van der Waals surface area contributed by atoms with Crippen molar-refractivity contribution >= 4 is 23.4 Å². The van der Waals surface area contributed by atoms with Gasteiger partial charge in [-0.2, -0.15) is 0 Å². The monoisotopic (exact) mass is 392 g/mol. The maximum atomic E-state index is 13.3. The Morgan fingerprint density at radius 2 is 2.11 bits per heavy atom. The van der Waals surface area contributed by atoms with Crippen LogP contribution in [0.2, 0.25) is 5.02 Å². The smallest absolute Gasteiger partial charge is 0.255 e. The van der Waals surface area contributed by atoms with E-state index in [0.717, 1.165) is 12.0 Å². The number of hydrogen-bond donors (Lipinski definition) is 2. The van der Waals surface area contributed by atoms with E-state index in [1.54, 1.807) is 6.07 Å². The van der Waals surface area contributed by atoms with Crippen LogP contribution in [0, 0.1) is 5.82 Å². The van der Waals surface area contributed by atoms with E-state index in [1.807, 2.05) is 6.07 Å². The number of rotatable bonds is 7. The normalized spacial score (nSPS) is 17.9. The molecule has 3 rings (SSSR count). The van der Waals surface area contributed by atoms with Crippen molar-refractivity contribution in [2.75, 3.05) is 13.7 Å². The fourth-order valence-corrected chi connectivity index (χ4v) is 3.11. The Labute approximate surface area is 160 Å². The van der Waals surface area contributed by atoms with Crippen molar-refractivity contribution in [2.45, 2.75) is 18.4 Å². The minimum atomic E-state index is -0.660. The highest BCUT2D eigenvalue weighted by atomic mass is 35.5. The Hall–Kier alpha value is -2.80. The molecule has 0 spiro atoms. The number of methoxy groups -OCH3 is 1. The molecule has 2 aromatic rings. The molecule has 142 valence electrons. The van der Waals surface area contributed by atoms with Gasteiger partial charge in [0.25, 0.3) is 11.8 Å². The van der Waals surface area contributed by atoms with E-state index in [4.69, 9.17) is 26.8 Å². The summed E-state index contributed by atoms with van der Waals surface area (Å²) in [6.07, 6.45) is 0.736. The van der Waals surface area contributed by atoms with Crippen molar-refractivity contribution in [2.24, 2.45) is 5.73 Å². The zero-order valence-corrected chi connectivity index (χ0v) is 15.3. The van der Waals surface area contributed by atoms with Gasteiger partial charge in [-0.05, 0) is 36.2 Å². The van der Waals surface area contributed by atoms with Gasteiger partial charge in [-0.25, -0.2) is 4.39 Å². The zero-order chi connectivity index (χ0) is 19.6. The first kappa shape index (κ1) is 19.0. The quantitative estimate of drug-likeness (QED) is 0.757. The first-order valence-corrected chi connectivity index (χ1v) is 8.61. The second-order valence-corrected chi connectivity index (χ2v) is 6.63. The molecule has 0 unspecified atom stereocenters. The van der Waals surface area contributed by atoms with Gasteiger partial charge in [0.15, 0.2) is 18.1 Å². The Balaban J connectivity index is 1.70. The average molecular weight is 393 g/mol. The van der Waals surface area contributed by atoms with Gasteiger partial charge in [0.05, 0.1) is 12.1 Å². The van der Waals surface area contributed by atoms with Crippen LogP contribution in [0.3, 0.4) is 0 Å². The summed E-state index contributed by atoms with van der Waals surface area (Å²) in [5.74, 6) is -0.856. The van der Waals surface area contributed by atoms with E-state index < -0.39 is 5.91 Å². The third-order valence-corrected chi connectivity index (χ3v) is 4.51. The summed E-state index contributed by atoms with van der Waals surface area (Å²) in [4.78, 5) is 23.4. The second-order valence-electron chi connectivity index (χ2n) is 6.22. The number of ether oxygens (including phenoxy) is 2. The van der Waals surface area contributed by atoms with Crippen LogP contribution in [0.15, 0.2) is 36.4 Å². The molecule has 8 heteroatoms. The van der Waals surface area contributed by atoms with E-state index >= 15 is 0 Å². The Morgan fingerprint density at radius 3 is 2.78 bits per heavy atom. The molecule has 27 heavy (non-hydrogen) atoms. The summed E-state index contributed by atoms with van der Waals surface area (Å²) >= 11 is 6.16. The number of nitrogens with two attached hydrogens (primary N) is 1. The molecule has 0 aromatic heterocycles. The molecule has 0 radical (unpaired) electrons. The number of primary amides is 1. The molecular weight excluding hydrogens is 375 g/mol. The third-order valence-electron chi connectivity index (χ3n) is 4.23. The van der Waals surface area contributed by atoms with Crippen LogP contribution < -0.4 is 20.5 Å². The standard InChI is InChI=1S/C19H18ClFN2O4/c1-26-16-7-11(6-14(20)18(16)27-9-17(22)24)19(25)23-15-8-13(15)10-3-2-4-12(21)5-10/h2-7,13,15H,8-9H2,1H3,(H2,22,24)(H,23,25)/t13-,15+/m0/s1. The predicted octanol–water partition coefficient (Wildman–Crippen LogP) is 2.64. The summed E-state index contributed by atoms with van der Waals surface area (Å²) in [5.41, 5.74) is 6.19. The van der Waals surface area contributed by atoms with Crippen LogP contribution >= 0.6 is 11.6 Å². The minimum absolute atomic E-state index is 0.0742. The molecule has 0 heterocycles. The van der Waals surface area contributed by atoms with Crippen LogP contribution in [0.1, 0.15) is 28.3 Å². The lowest BCUT2D eigenvalue weighted by Crippen LogP contribution is -2.26. The largest absolute Gasteiger partial charge is 0.493 e. The third kappa shape index (κ3) is 4.49. The maximum absolute atomic E-state index is 13.3. The van der Waals surface area contributed by atoms with E-state index in [0.29, 0.717) is 0 Å². The molecule has 1 saturated carbocycles. The molecule has 6 nitrogen and oxygen atoms in total. The topological polar surface area (TPSA) is 90.7 Å². The molecule has 2 aromatic carbocycles. The van der Waals surface area contributed by atoms with Crippen LogP contribution in [0.4, 0.5) is 4.39 Å². The van der Waals surface area contributed by atoms with Gasteiger partial charge in [0, 0.05) is 17.5 Å². The first-order valence-electron chi connectivity index (χ1n) is 8.24. The molecule has 3 N–H and O–H groups in total. The summed E-state index contributed by atoms with van der Waals surface area (Å²) in [6.45, 7) is -0.362. The highest BCUT2D eigenvalue weighted by molar-refractivity contribution is 6.32. The highest BCUT2D eigenvalue weighted by Gasteiger charge is 2.39. The lowest BCUT2D eigenvalue weighted by molar-refractivity contribution is -0.119. The van der Waals surface area contributed by atoms with Crippen molar-refractivity contribution in [3.05, 3.63) is 58.4 Å². The molecule has 1 aliphatic carbocycles. The fourth-order valence-electron chi connectivity index (χ4n) is 2.85. The van der Waals surface area contributed by atoms with Crippen LogP contribution in [0.5, 0.6) is 11.5 Å². The van der Waals surface area contributed by atoms with E-state index in [-0.39, 0.29) is 52.4 Å². The second kappa shape index (κ2) is 7.84.